The Morgan fingerprint density at radius 2 is 2.14 bits per heavy atom. The molecule has 0 spiro atoms. The monoisotopic (exact) mass is 290 g/mol. The summed E-state index contributed by atoms with van der Waals surface area (Å²) in [5.74, 6) is -2.18. The number of nitrogens with two attached hydrogens (primary N) is 1. The van der Waals surface area contributed by atoms with Gasteiger partial charge in [0.2, 0.25) is 5.91 Å². The largest absolute Gasteiger partial charge is 0.507 e. The fourth-order valence-corrected chi connectivity index (χ4v) is 1.76. The maximum atomic E-state index is 12.0. The Morgan fingerprint density at radius 1 is 1.43 bits per heavy atom. The van der Waals surface area contributed by atoms with E-state index in [4.69, 9.17) is 10.8 Å². The summed E-state index contributed by atoms with van der Waals surface area (Å²) in [5, 5.41) is 24.7. The summed E-state index contributed by atoms with van der Waals surface area (Å²) < 4.78 is 1.52. The quantitative estimate of drug-likeness (QED) is 0.605. The van der Waals surface area contributed by atoms with Gasteiger partial charge in [-0.3, -0.25) is 9.48 Å². The van der Waals surface area contributed by atoms with Gasteiger partial charge in [0.25, 0.3) is 0 Å². The van der Waals surface area contributed by atoms with E-state index in [2.05, 4.69) is 10.4 Å². The Balaban J connectivity index is 2.16. The van der Waals surface area contributed by atoms with Crippen molar-refractivity contribution in [2.45, 2.75) is 6.04 Å². The van der Waals surface area contributed by atoms with Crippen LogP contribution in [0.25, 0.3) is 0 Å². The molecule has 1 aromatic carbocycles. The zero-order valence-corrected chi connectivity index (χ0v) is 11.1. The van der Waals surface area contributed by atoms with Crippen LogP contribution in [-0.2, 0) is 11.8 Å². The lowest BCUT2D eigenvalue weighted by atomic mass is 10.1. The molecule has 110 valence electrons. The Labute approximate surface area is 119 Å². The van der Waals surface area contributed by atoms with Gasteiger partial charge in [0.05, 0.1) is 6.20 Å². The molecule has 21 heavy (non-hydrogen) atoms. The van der Waals surface area contributed by atoms with Crippen LogP contribution < -0.4 is 11.1 Å². The predicted octanol–water partition coefficient (Wildman–Crippen LogP) is 0.462. The van der Waals surface area contributed by atoms with Crippen molar-refractivity contribution in [3.8, 4) is 5.75 Å². The average Bonchev–Trinajstić information content (AvgIpc) is 2.86. The molecule has 8 nitrogen and oxygen atoms in total. The number of nitrogens with zero attached hydrogens (tertiary/aromatic N) is 2. The number of carboxylic acids is 1. The van der Waals surface area contributed by atoms with Crippen LogP contribution >= 0.6 is 0 Å². The van der Waals surface area contributed by atoms with Gasteiger partial charge in [0.1, 0.15) is 17.4 Å². The minimum absolute atomic E-state index is 0.231. The van der Waals surface area contributed by atoms with Crippen molar-refractivity contribution >= 4 is 17.6 Å². The number of rotatable bonds is 4. The number of carboxylic acid groups (broad SMARTS) is 1. The first kappa shape index (κ1) is 14.5. The van der Waals surface area contributed by atoms with Crippen LogP contribution in [0.2, 0.25) is 0 Å². The maximum absolute atomic E-state index is 12.0. The van der Waals surface area contributed by atoms with Crippen molar-refractivity contribution in [1.82, 2.24) is 9.78 Å². The van der Waals surface area contributed by atoms with Crippen LogP contribution in [0.3, 0.4) is 0 Å². The normalized spacial score (nSPS) is 11.9. The fraction of sp³-hybridized carbons (Fsp3) is 0.154. The second-order valence-corrected chi connectivity index (χ2v) is 4.45. The highest BCUT2D eigenvalue weighted by molar-refractivity contribution is 5.97. The van der Waals surface area contributed by atoms with Gasteiger partial charge >= 0.3 is 5.97 Å². The molecule has 0 aliphatic heterocycles. The first-order chi connectivity index (χ1) is 9.88. The van der Waals surface area contributed by atoms with Crippen molar-refractivity contribution in [3.63, 3.8) is 0 Å². The minimum atomic E-state index is -1.29. The van der Waals surface area contributed by atoms with E-state index in [0.717, 1.165) is 6.07 Å². The van der Waals surface area contributed by atoms with Gasteiger partial charge < -0.3 is 21.3 Å². The van der Waals surface area contributed by atoms with Gasteiger partial charge in [-0.25, -0.2) is 4.79 Å². The van der Waals surface area contributed by atoms with E-state index in [0.29, 0.717) is 5.56 Å². The van der Waals surface area contributed by atoms with Crippen LogP contribution in [0.4, 0.5) is 5.69 Å². The molecule has 1 amide bonds. The van der Waals surface area contributed by atoms with Crippen LogP contribution in [-0.4, -0.2) is 31.9 Å². The van der Waals surface area contributed by atoms with Crippen LogP contribution in [0.1, 0.15) is 22.0 Å². The van der Waals surface area contributed by atoms with Crippen LogP contribution in [0.15, 0.2) is 30.6 Å². The lowest BCUT2D eigenvalue weighted by Crippen LogP contribution is -2.27. The van der Waals surface area contributed by atoms with E-state index in [-0.39, 0.29) is 17.0 Å². The molecular weight excluding hydrogens is 276 g/mol. The number of aromatic nitrogens is 2. The average molecular weight is 290 g/mol. The van der Waals surface area contributed by atoms with E-state index >= 15 is 0 Å². The molecule has 0 aliphatic carbocycles. The molecule has 0 aliphatic rings. The number of nitrogens with one attached hydrogen (secondary N) is 1. The van der Waals surface area contributed by atoms with Gasteiger partial charge in [0.15, 0.2) is 0 Å². The maximum Gasteiger partial charge on any atom is 0.339 e. The summed E-state index contributed by atoms with van der Waals surface area (Å²) in [5.41, 5.74) is 6.26. The number of carbonyl (C=O) groups is 2. The summed E-state index contributed by atoms with van der Waals surface area (Å²) >= 11 is 0. The molecule has 5 N–H and O–H groups in total. The van der Waals surface area contributed by atoms with E-state index in [9.17, 15) is 14.7 Å². The number of carbonyl (C=O) groups excluding carboxylic acids is 1. The number of phenols is 1. The number of aromatic hydroxyl groups is 1. The van der Waals surface area contributed by atoms with Crippen molar-refractivity contribution in [2.75, 3.05) is 5.32 Å². The van der Waals surface area contributed by atoms with Crippen LogP contribution in [0.5, 0.6) is 5.75 Å². The molecule has 2 aromatic rings. The summed E-state index contributed by atoms with van der Waals surface area (Å²) in [7, 11) is 1.70. The molecule has 1 heterocycles. The van der Waals surface area contributed by atoms with Crippen molar-refractivity contribution in [1.29, 1.82) is 0 Å². The highest BCUT2D eigenvalue weighted by Gasteiger charge is 2.18. The third-order valence-electron chi connectivity index (χ3n) is 2.86. The molecule has 0 fully saturated rings. The lowest BCUT2D eigenvalue weighted by molar-refractivity contribution is -0.117. The number of aromatic carboxylic acids is 1. The highest BCUT2D eigenvalue weighted by atomic mass is 16.4. The standard InChI is InChI=1S/C13H14N4O4/c1-17-6-7(5-15-17)11(14)12(19)16-8-2-3-10(18)9(4-8)13(20)21/h2-6,11,18H,14H2,1H3,(H,16,19)(H,20,21). The minimum Gasteiger partial charge on any atom is -0.507 e. The van der Waals surface area contributed by atoms with Crippen molar-refractivity contribution in [2.24, 2.45) is 12.8 Å². The summed E-state index contributed by atoms with van der Waals surface area (Å²) in [4.78, 5) is 22.9. The van der Waals surface area contributed by atoms with Crippen molar-refractivity contribution in [3.05, 3.63) is 41.7 Å². The second-order valence-electron chi connectivity index (χ2n) is 4.45. The molecule has 2 rings (SSSR count). The predicted molar refractivity (Wildman–Crippen MR) is 73.8 cm³/mol. The Kier molecular flexibility index (Phi) is 3.90. The lowest BCUT2D eigenvalue weighted by Gasteiger charge is -2.11. The molecule has 1 atom stereocenters. The molecule has 0 radical (unpaired) electrons. The number of amides is 1. The molecule has 1 aromatic heterocycles. The summed E-state index contributed by atoms with van der Waals surface area (Å²) in [6.07, 6.45) is 3.09. The summed E-state index contributed by atoms with van der Waals surface area (Å²) in [6, 6.07) is 2.80. The van der Waals surface area contributed by atoms with E-state index in [1.165, 1.54) is 23.0 Å². The number of aryl methyl sites for hydroxylation is 1. The Bertz CT molecular complexity index is 695. The van der Waals surface area contributed by atoms with Gasteiger partial charge in [-0.2, -0.15) is 5.10 Å². The third-order valence-corrected chi connectivity index (χ3v) is 2.86. The van der Waals surface area contributed by atoms with Gasteiger partial charge in [-0.1, -0.05) is 0 Å². The van der Waals surface area contributed by atoms with E-state index in [1.807, 2.05) is 0 Å². The zero-order chi connectivity index (χ0) is 15.6. The topological polar surface area (TPSA) is 130 Å². The SMILES string of the molecule is Cn1cc(C(N)C(=O)Nc2ccc(O)c(C(=O)O)c2)cn1. The number of benzene rings is 1. The smallest absolute Gasteiger partial charge is 0.339 e. The Morgan fingerprint density at radius 3 is 2.71 bits per heavy atom. The number of hydrogen-bond acceptors (Lipinski definition) is 5. The molecule has 0 bridgehead atoms. The first-order valence-electron chi connectivity index (χ1n) is 6.00. The third kappa shape index (κ3) is 3.18. The van der Waals surface area contributed by atoms with E-state index in [1.54, 1.807) is 13.2 Å². The van der Waals surface area contributed by atoms with Crippen LogP contribution in [0, 0.1) is 0 Å². The van der Waals surface area contributed by atoms with Gasteiger partial charge in [-0.15, -0.1) is 0 Å². The molecule has 1 unspecified atom stereocenters. The molecular formula is C13H14N4O4. The summed E-state index contributed by atoms with van der Waals surface area (Å²) in [6.45, 7) is 0. The zero-order valence-electron chi connectivity index (χ0n) is 11.1. The van der Waals surface area contributed by atoms with E-state index < -0.39 is 17.9 Å². The fourth-order valence-electron chi connectivity index (χ4n) is 1.76. The van der Waals surface area contributed by atoms with Crippen molar-refractivity contribution < 1.29 is 19.8 Å². The number of hydrogen-bond donors (Lipinski definition) is 4. The van der Waals surface area contributed by atoms with Gasteiger partial charge in [-0.05, 0) is 18.2 Å². The second kappa shape index (κ2) is 5.63. The Hall–Kier alpha value is -2.87. The molecule has 0 saturated carbocycles. The molecule has 0 saturated heterocycles. The molecule has 8 heteroatoms. The number of anilines is 1. The van der Waals surface area contributed by atoms with Gasteiger partial charge in [0, 0.05) is 24.5 Å². The highest BCUT2D eigenvalue weighted by Crippen LogP contribution is 2.22. The first-order valence-corrected chi connectivity index (χ1v) is 6.00.